The standard InChI is InChI=1S/C16H22N4O2.ClH/c1-10(2)14-13-7-11(8-18-15(13)22-19-14)16(21)20-6-4-5-12(9-20)17-3;/h7-8,10,12,17H,4-6,9H2,1-3H3;1H. The van der Waals surface area contributed by atoms with Crippen molar-refractivity contribution >= 4 is 29.4 Å². The molecule has 3 rings (SSSR count). The molecule has 1 aliphatic heterocycles. The second-order valence-electron chi connectivity index (χ2n) is 6.18. The van der Waals surface area contributed by atoms with Gasteiger partial charge in [-0.1, -0.05) is 19.0 Å². The van der Waals surface area contributed by atoms with Gasteiger partial charge in [0.1, 0.15) is 0 Å². The number of hydrogen-bond donors (Lipinski definition) is 1. The molecule has 0 aromatic carbocycles. The van der Waals surface area contributed by atoms with E-state index in [0.29, 0.717) is 17.3 Å². The van der Waals surface area contributed by atoms with Gasteiger partial charge in [-0.05, 0) is 31.9 Å². The third kappa shape index (κ3) is 3.48. The highest BCUT2D eigenvalue weighted by molar-refractivity contribution is 5.97. The summed E-state index contributed by atoms with van der Waals surface area (Å²) >= 11 is 0. The molecule has 0 spiro atoms. The van der Waals surface area contributed by atoms with Crippen LogP contribution in [0.25, 0.3) is 11.1 Å². The molecule has 0 aliphatic carbocycles. The molecule has 1 aliphatic rings. The summed E-state index contributed by atoms with van der Waals surface area (Å²) in [6.07, 6.45) is 3.72. The third-order valence-electron chi connectivity index (χ3n) is 4.27. The Morgan fingerprint density at radius 2 is 2.26 bits per heavy atom. The molecule has 1 atom stereocenters. The number of piperidine rings is 1. The summed E-state index contributed by atoms with van der Waals surface area (Å²) in [5.74, 6) is 0.266. The molecule has 23 heavy (non-hydrogen) atoms. The van der Waals surface area contributed by atoms with E-state index in [1.54, 1.807) is 6.20 Å². The second kappa shape index (κ2) is 7.27. The van der Waals surface area contributed by atoms with Crippen LogP contribution < -0.4 is 5.32 Å². The largest absolute Gasteiger partial charge is 0.337 e. The van der Waals surface area contributed by atoms with Gasteiger partial charge in [0.15, 0.2) is 0 Å². The topological polar surface area (TPSA) is 71.3 Å². The lowest BCUT2D eigenvalue weighted by Crippen LogP contribution is -2.46. The van der Waals surface area contributed by atoms with Crippen molar-refractivity contribution in [1.29, 1.82) is 0 Å². The van der Waals surface area contributed by atoms with Crippen LogP contribution in [-0.2, 0) is 0 Å². The van der Waals surface area contributed by atoms with E-state index in [1.165, 1.54) is 0 Å². The third-order valence-corrected chi connectivity index (χ3v) is 4.27. The first-order chi connectivity index (χ1) is 10.6. The molecule has 3 heterocycles. The summed E-state index contributed by atoms with van der Waals surface area (Å²) in [6.45, 7) is 5.64. The maximum atomic E-state index is 12.7. The molecule has 0 radical (unpaired) electrons. The summed E-state index contributed by atoms with van der Waals surface area (Å²) in [7, 11) is 1.94. The van der Waals surface area contributed by atoms with Crippen LogP contribution in [0.4, 0.5) is 0 Å². The summed E-state index contributed by atoms with van der Waals surface area (Å²) in [6, 6.07) is 2.23. The van der Waals surface area contributed by atoms with Crippen molar-refractivity contribution < 1.29 is 9.32 Å². The van der Waals surface area contributed by atoms with Crippen LogP contribution in [0.3, 0.4) is 0 Å². The Kier molecular flexibility index (Phi) is 5.59. The van der Waals surface area contributed by atoms with Crippen molar-refractivity contribution in [1.82, 2.24) is 20.4 Å². The van der Waals surface area contributed by atoms with Gasteiger partial charge in [0, 0.05) is 25.3 Å². The van der Waals surface area contributed by atoms with Crippen LogP contribution in [0.1, 0.15) is 48.7 Å². The smallest absolute Gasteiger partial charge is 0.257 e. The zero-order chi connectivity index (χ0) is 15.7. The Balaban J connectivity index is 0.00000192. The first-order valence-corrected chi connectivity index (χ1v) is 7.82. The lowest BCUT2D eigenvalue weighted by Gasteiger charge is -2.32. The SMILES string of the molecule is CNC1CCCN(C(=O)c2cnc3onc(C(C)C)c3c2)C1.Cl. The molecule has 1 N–H and O–H groups in total. The van der Waals surface area contributed by atoms with Gasteiger partial charge in [-0.15, -0.1) is 12.4 Å². The zero-order valence-electron chi connectivity index (χ0n) is 13.7. The van der Waals surface area contributed by atoms with Gasteiger partial charge in [0.05, 0.1) is 16.6 Å². The highest BCUT2D eigenvalue weighted by Gasteiger charge is 2.24. The Labute approximate surface area is 142 Å². The number of hydrogen-bond acceptors (Lipinski definition) is 5. The Bertz CT molecular complexity index is 686. The van der Waals surface area contributed by atoms with Gasteiger partial charge < -0.3 is 14.7 Å². The van der Waals surface area contributed by atoms with Crippen LogP contribution in [0.15, 0.2) is 16.8 Å². The summed E-state index contributed by atoms with van der Waals surface area (Å²) < 4.78 is 5.23. The number of carbonyl (C=O) groups excluding carboxylic acids is 1. The molecule has 1 saturated heterocycles. The summed E-state index contributed by atoms with van der Waals surface area (Å²) in [4.78, 5) is 18.9. The Hall–Kier alpha value is -1.66. The number of fused-ring (bicyclic) bond motifs is 1. The van der Waals surface area contributed by atoms with Gasteiger partial charge in [-0.2, -0.15) is 0 Å². The van der Waals surface area contributed by atoms with E-state index in [9.17, 15) is 4.79 Å². The van der Waals surface area contributed by atoms with Crippen molar-refractivity contribution in [2.75, 3.05) is 20.1 Å². The van der Waals surface area contributed by atoms with Gasteiger partial charge in [0.25, 0.3) is 11.6 Å². The molecule has 1 amide bonds. The van der Waals surface area contributed by atoms with Crippen molar-refractivity contribution in [3.63, 3.8) is 0 Å². The maximum Gasteiger partial charge on any atom is 0.257 e. The van der Waals surface area contributed by atoms with Gasteiger partial charge in [-0.3, -0.25) is 4.79 Å². The molecule has 1 fully saturated rings. The highest BCUT2D eigenvalue weighted by atomic mass is 35.5. The second-order valence-corrected chi connectivity index (χ2v) is 6.18. The number of amides is 1. The molecular weight excluding hydrogens is 316 g/mol. The highest BCUT2D eigenvalue weighted by Crippen LogP contribution is 2.25. The zero-order valence-corrected chi connectivity index (χ0v) is 14.5. The van der Waals surface area contributed by atoms with E-state index >= 15 is 0 Å². The van der Waals surface area contributed by atoms with Crippen LogP contribution >= 0.6 is 12.4 Å². The Morgan fingerprint density at radius 1 is 1.48 bits per heavy atom. The monoisotopic (exact) mass is 338 g/mol. The van der Waals surface area contributed by atoms with E-state index in [4.69, 9.17) is 4.52 Å². The number of likely N-dealkylation sites (N-methyl/N-ethyl adjacent to an activating group) is 1. The molecule has 0 saturated carbocycles. The van der Waals surface area contributed by atoms with Crippen molar-refractivity contribution in [2.24, 2.45) is 0 Å². The average molecular weight is 339 g/mol. The molecule has 126 valence electrons. The number of likely N-dealkylation sites (tertiary alicyclic amines) is 1. The summed E-state index contributed by atoms with van der Waals surface area (Å²) in [5.41, 5.74) is 1.95. The van der Waals surface area contributed by atoms with E-state index in [2.05, 4.69) is 15.5 Å². The van der Waals surface area contributed by atoms with Crippen molar-refractivity contribution in [3.8, 4) is 0 Å². The quantitative estimate of drug-likeness (QED) is 0.931. The lowest BCUT2D eigenvalue weighted by molar-refractivity contribution is 0.0698. The maximum absolute atomic E-state index is 12.7. The van der Waals surface area contributed by atoms with Gasteiger partial charge >= 0.3 is 0 Å². The fourth-order valence-electron chi connectivity index (χ4n) is 2.96. The first-order valence-electron chi connectivity index (χ1n) is 7.82. The van der Waals surface area contributed by atoms with Gasteiger partial charge in [-0.25, -0.2) is 4.98 Å². The fourth-order valence-corrected chi connectivity index (χ4v) is 2.96. The molecule has 2 aromatic heterocycles. The number of nitrogens with zero attached hydrogens (tertiary/aromatic N) is 3. The summed E-state index contributed by atoms with van der Waals surface area (Å²) in [5, 5.41) is 8.15. The van der Waals surface area contributed by atoms with E-state index in [0.717, 1.165) is 37.0 Å². The number of halogens is 1. The van der Waals surface area contributed by atoms with Gasteiger partial charge in [0.2, 0.25) is 0 Å². The van der Waals surface area contributed by atoms with E-state index in [-0.39, 0.29) is 24.2 Å². The molecule has 1 unspecified atom stereocenters. The molecule has 2 aromatic rings. The fraction of sp³-hybridized carbons (Fsp3) is 0.562. The molecule has 0 bridgehead atoms. The number of carbonyl (C=O) groups is 1. The van der Waals surface area contributed by atoms with Crippen LogP contribution in [-0.4, -0.2) is 47.1 Å². The van der Waals surface area contributed by atoms with Crippen LogP contribution in [0, 0.1) is 0 Å². The molecule has 6 nitrogen and oxygen atoms in total. The Morgan fingerprint density at radius 3 is 2.96 bits per heavy atom. The van der Waals surface area contributed by atoms with Crippen molar-refractivity contribution in [3.05, 3.63) is 23.5 Å². The van der Waals surface area contributed by atoms with Crippen molar-refractivity contribution in [2.45, 2.75) is 38.6 Å². The lowest BCUT2D eigenvalue weighted by atomic mass is 10.0. The average Bonchev–Trinajstić information content (AvgIpc) is 2.97. The predicted octanol–water partition coefficient (Wildman–Crippen LogP) is 2.59. The number of aromatic nitrogens is 2. The molecule has 7 heteroatoms. The number of rotatable bonds is 3. The number of nitrogens with one attached hydrogen (secondary N) is 1. The van der Waals surface area contributed by atoms with Crippen LogP contribution in [0.2, 0.25) is 0 Å². The predicted molar refractivity (Wildman–Crippen MR) is 91.1 cm³/mol. The number of pyridine rings is 1. The van der Waals surface area contributed by atoms with E-state index < -0.39 is 0 Å². The minimum atomic E-state index is 0. The molecular formula is C16H23ClN4O2. The van der Waals surface area contributed by atoms with E-state index in [1.807, 2.05) is 31.9 Å². The minimum Gasteiger partial charge on any atom is -0.337 e. The first kappa shape index (κ1) is 17.7. The normalized spacial score (nSPS) is 18.3. The minimum absolute atomic E-state index is 0. The van der Waals surface area contributed by atoms with Crippen LogP contribution in [0.5, 0.6) is 0 Å².